The molecule has 142 valence electrons. The normalized spacial score (nSPS) is 12.9. The Hall–Kier alpha value is -3.02. The number of carbonyl (C=O) groups excluding carboxylic acids is 2. The number of hydrogen-bond donors (Lipinski definition) is 3. The Morgan fingerprint density at radius 3 is 2.41 bits per heavy atom. The van der Waals surface area contributed by atoms with E-state index in [2.05, 4.69) is 16.0 Å². The Morgan fingerprint density at radius 1 is 1.04 bits per heavy atom. The van der Waals surface area contributed by atoms with Crippen molar-refractivity contribution in [3.8, 4) is 5.75 Å². The van der Waals surface area contributed by atoms with Gasteiger partial charge in [-0.15, -0.1) is 0 Å². The van der Waals surface area contributed by atoms with Crippen molar-refractivity contribution in [3.05, 3.63) is 54.1 Å². The van der Waals surface area contributed by atoms with E-state index in [9.17, 15) is 9.59 Å². The van der Waals surface area contributed by atoms with Crippen molar-refractivity contribution in [1.29, 1.82) is 0 Å². The molecule has 2 aromatic carbocycles. The van der Waals surface area contributed by atoms with E-state index in [1.807, 2.05) is 31.2 Å². The molecule has 3 rings (SSSR count). The van der Waals surface area contributed by atoms with E-state index in [-0.39, 0.29) is 11.9 Å². The first-order valence-corrected chi connectivity index (χ1v) is 9.25. The van der Waals surface area contributed by atoms with Crippen LogP contribution in [0.15, 0.2) is 48.5 Å². The summed E-state index contributed by atoms with van der Waals surface area (Å²) in [5.41, 5.74) is 2.54. The first-order chi connectivity index (χ1) is 13.1. The lowest BCUT2D eigenvalue weighted by atomic mass is 10.2. The summed E-state index contributed by atoms with van der Waals surface area (Å²) in [7, 11) is 0. The van der Waals surface area contributed by atoms with Gasteiger partial charge in [0.2, 0.25) is 5.91 Å². The molecular formula is C21H25N3O3. The summed E-state index contributed by atoms with van der Waals surface area (Å²) in [6.07, 6.45) is 3.12. The molecule has 1 aliphatic carbocycles. The van der Waals surface area contributed by atoms with Gasteiger partial charge in [0.25, 0.3) is 0 Å². The SMILES string of the molecule is Cc1cccc(OCCCC(=O)Nc2ccc(NC(=O)NC3CC3)cc2)c1. The van der Waals surface area contributed by atoms with Gasteiger partial charge in [-0.2, -0.15) is 0 Å². The fourth-order valence-corrected chi connectivity index (χ4v) is 2.57. The van der Waals surface area contributed by atoms with Crippen molar-refractivity contribution in [1.82, 2.24) is 5.32 Å². The fourth-order valence-electron chi connectivity index (χ4n) is 2.57. The third-order valence-corrected chi connectivity index (χ3v) is 4.15. The van der Waals surface area contributed by atoms with E-state index in [1.165, 1.54) is 0 Å². The molecule has 0 saturated heterocycles. The van der Waals surface area contributed by atoms with Crippen LogP contribution in [-0.4, -0.2) is 24.6 Å². The molecule has 0 radical (unpaired) electrons. The van der Waals surface area contributed by atoms with Gasteiger partial charge in [-0.3, -0.25) is 4.79 Å². The molecule has 0 aromatic heterocycles. The maximum atomic E-state index is 12.0. The van der Waals surface area contributed by atoms with Crippen LogP contribution in [0.5, 0.6) is 5.75 Å². The molecule has 1 aliphatic rings. The molecule has 0 atom stereocenters. The van der Waals surface area contributed by atoms with Crippen molar-refractivity contribution in [2.45, 2.75) is 38.6 Å². The quantitative estimate of drug-likeness (QED) is 0.615. The lowest BCUT2D eigenvalue weighted by Crippen LogP contribution is -2.30. The molecular weight excluding hydrogens is 342 g/mol. The largest absolute Gasteiger partial charge is 0.494 e. The van der Waals surface area contributed by atoms with Gasteiger partial charge in [0.05, 0.1) is 6.61 Å². The minimum absolute atomic E-state index is 0.0602. The molecule has 1 saturated carbocycles. The standard InChI is InChI=1S/C21H25N3O3/c1-15-4-2-5-19(14-15)27-13-3-6-20(25)22-16-7-9-17(10-8-16)23-21(26)24-18-11-12-18/h2,4-5,7-10,14,18H,3,6,11-13H2,1H3,(H,22,25)(H2,23,24,26). The lowest BCUT2D eigenvalue weighted by molar-refractivity contribution is -0.116. The van der Waals surface area contributed by atoms with Gasteiger partial charge in [0.15, 0.2) is 0 Å². The summed E-state index contributed by atoms with van der Waals surface area (Å²) in [4.78, 5) is 23.7. The van der Waals surface area contributed by atoms with Crippen LogP contribution in [0.3, 0.4) is 0 Å². The zero-order valence-corrected chi connectivity index (χ0v) is 15.5. The Bertz CT molecular complexity index is 786. The van der Waals surface area contributed by atoms with Crippen LogP contribution in [0.4, 0.5) is 16.2 Å². The highest BCUT2D eigenvalue weighted by molar-refractivity contribution is 5.92. The van der Waals surface area contributed by atoms with Gasteiger partial charge in [-0.25, -0.2) is 4.79 Å². The average molecular weight is 367 g/mol. The zero-order chi connectivity index (χ0) is 19.1. The van der Waals surface area contributed by atoms with E-state index in [1.54, 1.807) is 24.3 Å². The van der Waals surface area contributed by atoms with E-state index in [0.29, 0.717) is 36.9 Å². The minimum Gasteiger partial charge on any atom is -0.494 e. The first kappa shape index (κ1) is 18.8. The van der Waals surface area contributed by atoms with Crippen molar-refractivity contribution in [2.75, 3.05) is 17.2 Å². The summed E-state index contributed by atoms with van der Waals surface area (Å²) in [5.74, 6) is 0.763. The second kappa shape index (κ2) is 9.07. The molecule has 1 fully saturated rings. The van der Waals surface area contributed by atoms with Gasteiger partial charge in [-0.05, 0) is 68.1 Å². The van der Waals surface area contributed by atoms with Crippen LogP contribution in [-0.2, 0) is 4.79 Å². The van der Waals surface area contributed by atoms with E-state index in [0.717, 1.165) is 24.2 Å². The van der Waals surface area contributed by atoms with Gasteiger partial charge < -0.3 is 20.7 Å². The van der Waals surface area contributed by atoms with Crippen LogP contribution in [0.1, 0.15) is 31.2 Å². The highest BCUT2D eigenvalue weighted by Gasteiger charge is 2.23. The number of nitrogens with one attached hydrogen (secondary N) is 3. The Kier molecular flexibility index (Phi) is 6.30. The minimum atomic E-state index is -0.192. The number of ether oxygens (including phenoxy) is 1. The van der Waals surface area contributed by atoms with Gasteiger partial charge in [-0.1, -0.05) is 12.1 Å². The number of benzene rings is 2. The Balaban J connectivity index is 1.35. The summed E-state index contributed by atoms with van der Waals surface area (Å²) < 4.78 is 5.65. The van der Waals surface area contributed by atoms with E-state index >= 15 is 0 Å². The van der Waals surface area contributed by atoms with Crippen LogP contribution >= 0.6 is 0 Å². The molecule has 0 spiro atoms. The second-order valence-corrected chi connectivity index (χ2v) is 6.77. The smallest absolute Gasteiger partial charge is 0.319 e. The highest BCUT2D eigenvalue weighted by atomic mass is 16.5. The van der Waals surface area contributed by atoms with Crippen LogP contribution in [0.25, 0.3) is 0 Å². The number of amides is 3. The Labute approximate surface area is 159 Å². The number of carbonyl (C=O) groups is 2. The van der Waals surface area contributed by atoms with E-state index < -0.39 is 0 Å². The fraction of sp³-hybridized carbons (Fsp3) is 0.333. The summed E-state index contributed by atoms with van der Waals surface area (Å²) in [6, 6.07) is 15.1. The maximum absolute atomic E-state index is 12.0. The third-order valence-electron chi connectivity index (χ3n) is 4.15. The summed E-state index contributed by atoms with van der Waals surface area (Å²) in [6.45, 7) is 2.51. The van der Waals surface area contributed by atoms with Crippen LogP contribution in [0.2, 0.25) is 0 Å². The Morgan fingerprint density at radius 2 is 1.74 bits per heavy atom. The number of aryl methyl sites for hydroxylation is 1. The summed E-state index contributed by atoms with van der Waals surface area (Å²) >= 11 is 0. The average Bonchev–Trinajstić information content (AvgIpc) is 3.44. The molecule has 3 amide bonds. The molecule has 2 aromatic rings. The molecule has 6 nitrogen and oxygen atoms in total. The van der Waals surface area contributed by atoms with Crippen molar-refractivity contribution < 1.29 is 14.3 Å². The van der Waals surface area contributed by atoms with Gasteiger partial charge in [0.1, 0.15) is 5.75 Å². The van der Waals surface area contributed by atoms with Crippen molar-refractivity contribution in [2.24, 2.45) is 0 Å². The third kappa shape index (κ3) is 6.66. The highest BCUT2D eigenvalue weighted by Crippen LogP contribution is 2.19. The number of urea groups is 1. The first-order valence-electron chi connectivity index (χ1n) is 9.25. The second-order valence-electron chi connectivity index (χ2n) is 6.77. The van der Waals surface area contributed by atoms with Crippen LogP contribution in [0, 0.1) is 6.92 Å². The molecule has 0 unspecified atom stereocenters. The molecule has 3 N–H and O–H groups in total. The predicted octanol–water partition coefficient (Wildman–Crippen LogP) is 4.08. The lowest BCUT2D eigenvalue weighted by Gasteiger charge is -2.09. The maximum Gasteiger partial charge on any atom is 0.319 e. The summed E-state index contributed by atoms with van der Waals surface area (Å²) in [5, 5.41) is 8.49. The molecule has 0 aliphatic heterocycles. The number of hydrogen-bond acceptors (Lipinski definition) is 3. The van der Waals surface area contributed by atoms with Gasteiger partial charge in [0, 0.05) is 23.8 Å². The number of anilines is 2. The predicted molar refractivity (Wildman–Crippen MR) is 106 cm³/mol. The van der Waals surface area contributed by atoms with E-state index in [4.69, 9.17) is 4.74 Å². The van der Waals surface area contributed by atoms with Crippen molar-refractivity contribution in [3.63, 3.8) is 0 Å². The van der Waals surface area contributed by atoms with Gasteiger partial charge >= 0.3 is 6.03 Å². The molecule has 27 heavy (non-hydrogen) atoms. The van der Waals surface area contributed by atoms with Crippen LogP contribution < -0.4 is 20.7 Å². The molecule has 6 heteroatoms. The molecule has 0 heterocycles. The number of rotatable bonds is 8. The molecule has 0 bridgehead atoms. The topological polar surface area (TPSA) is 79.5 Å². The zero-order valence-electron chi connectivity index (χ0n) is 15.5. The van der Waals surface area contributed by atoms with Crippen molar-refractivity contribution >= 4 is 23.3 Å². The monoisotopic (exact) mass is 367 g/mol.